The highest BCUT2D eigenvalue weighted by Crippen LogP contribution is 2.44. The van der Waals surface area contributed by atoms with E-state index in [4.69, 9.17) is 4.74 Å². The Morgan fingerprint density at radius 2 is 1.34 bits per heavy atom. The number of esters is 1. The van der Waals surface area contributed by atoms with E-state index in [0.29, 0.717) is 18.1 Å². The predicted octanol–water partition coefficient (Wildman–Crippen LogP) is 9.08. The van der Waals surface area contributed by atoms with Gasteiger partial charge in [0.1, 0.15) is 0 Å². The van der Waals surface area contributed by atoms with Crippen LogP contribution in [-0.4, -0.2) is 12.6 Å². The van der Waals surface area contributed by atoms with E-state index in [-0.39, 0.29) is 5.97 Å². The van der Waals surface area contributed by atoms with Gasteiger partial charge in [-0.25, -0.2) is 4.79 Å². The summed E-state index contributed by atoms with van der Waals surface area (Å²) in [6.07, 6.45) is 21.8. The minimum absolute atomic E-state index is 0.169. The predicted molar refractivity (Wildman–Crippen MR) is 135 cm³/mol. The Labute approximate surface area is 197 Å². The molecule has 2 aliphatic rings. The Hall–Kier alpha value is -1.31. The van der Waals surface area contributed by atoms with Gasteiger partial charge in [0.2, 0.25) is 0 Å². The van der Waals surface area contributed by atoms with Gasteiger partial charge in [0.05, 0.1) is 12.2 Å². The quantitative estimate of drug-likeness (QED) is 0.239. The lowest BCUT2D eigenvalue weighted by Gasteiger charge is -2.38. The zero-order chi connectivity index (χ0) is 22.6. The summed E-state index contributed by atoms with van der Waals surface area (Å²) in [5, 5.41) is 0. The molecule has 0 amide bonds. The third-order valence-corrected chi connectivity index (χ3v) is 8.39. The molecule has 0 spiro atoms. The van der Waals surface area contributed by atoms with Crippen molar-refractivity contribution in [2.24, 2.45) is 17.8 Å². The maximum atomic E-state index is 12.2. The molecule has 0 aliphatic heterocycles. The van der Waals surface area contributed by atoms with Crippen LogP contribution in [0.1, 0.15) is 138 Å². The summed E-state index contributed by atoms with van der Waals surface area (Å²) >= 11 is 0. The van der Waals surface area contributed by atoms with Gasteiger partial charge in [0.15, 0.2) is 0 Å². The van der Waals surface area contributed by atoms with Crippen molar-refractivity contribution in [2.75, 3.05) is 6.61 Å². The molecule has 32 heavy (non-hydrogen) atoms. The van der Waals surface area contributed by atoms with Crippen molar-refractivity contribution in [3.8, 4) is 0 Å². The summed E-state index contributed by atoms with van der Waals surface area (Å²) in [5.74, 6) is 3.49. The third-order valence-electron chi connectivity index (χ3n) is 8.39. The Bertz CT molecular complexity index is 633. The zero-order valence-corrected chi connectivity index (χ0v) is 21.0. The maximum absolute atomic E-state index is 12.2. The molecular weight excluding hydrogens is 392 g/mol. The first-order valence-electron chi connectivity index (χ1n) is 14.0. The number of unbranched alkanes of at least 4 members (excludes halogenated alkanes) is 5. The van der Waals surface area contributed by atoms with Crippen molar-refractivity contribution in [1.29, 1.82) is 0 Å². The fourth-order valence-electron chi connectivity index (χ4n) is 6.22. The Balaban J connectivity index is 1.36. The average Bonchev–Trinajstić information content (AvgIpc) is 2.85. The van der Waals surface area contributed by atoms with Gasteiger partial charge in [-0.3, -0.25) is 0 Å². The molecule has 180 valence electrons. The van der Waals surface area contributed by atoms with Crippen LogP contribution in [-0.2, 0) is 4.74 Å². The summed E-state index contributed by atoms with van der Waals surface area (Å²) in [7, 11) is 0. The summed E-state index contributed by atoms with van der Waals surface area (Å²) in [4.78, 5) is 12.2. The van der Waals surface area contributed by atoms with Crippen LogP contribution in [0.2, 0.25) is 0 Å². The standard InChI is InChI=1S/C30H48O2/c1-3-5-7-8-10-24-11-13-25(14-12-24)26-15-17-27(18-16-26)28-19-21-29(22-20-28)30(31)32-23-9-6-4-2/h19-22,24-27H,3-18,23H2,1-2H3/t24-,25-,26?,27?. The van der Waals surface area contributed by atoms with Crippen molar-refractivity contribution >= 4 is 5.97 Å². The topological polar surface area (TPSA) is 26.3 Å². The second-order valence-electron chi connectivity index (χ2n) is 10.7. The second-order valence-corrected chi connectivity index (χ2v) is 10.7. The average molecular weight is 441 g/mol. The van der Waals surface area contributed by atoms with Gasteiger partial charge in [-0.1, -0.05) is 83.8 Å². The number of carbonyl (C=O) groups excluding carboxylic acids is 1. The zero-order valence-electron chi connectivity index (χ0n) is 21.0. The van der Waals surface area contributed by atoms with Gasteiger partial charge >= 0.3 is 5.97 Å². The number of hydrogen-bond acceptors (Lipinski definition) is 2. The van der Waals surface area contributed by atoms with Crippen LogP contribution in [0.4, 0.5) is 0 Å². The number of ether oxygens (including phenoxy) is 1. The molecule has 2 saturated carbocycles. The molecule has 0 bridgehead atoms. The van der Waals surface area contributed by atoms with E-state index in [1.54, 1.807) is 0 Å². The van der Waals surface area contributed by atoms with Gasteiger partial charge < -0.3 is 4.74 Å². The molecule has 2 nitrogen and oxygen atoms in total. The van der Waals surface area contributed by atoms with Crippen LogP contribution in [0.25, 0.3) is 0 Å². The SMILES string of the molecule is CCCCCC[C@H]1CC[C@H](C2CCC(c3ccc(C(=O)OCCCCC)cc3)CC2)CC1. The maximum Gasteiger partial charge on any atom is 0.338 e. The molecule has 2 aliphatic carbocycles. The van der Waals surface area contributed by atoms with Crippen molar-refractivity contribution in [1.82, 2.24) is 0 Å². The van der Waals surface area contributed by atoms with Crippen molar-refractivity contribution in [2.45, 2.75) is 122 Å². The summed E-state index contributed by atoms with van der Waals surface area (Å²) < 4.78 is 5.40. The van der Waals surface area contributed by atoms with Crippen LogP contribution in [0.3, 0.4) is 0 Å². The molecule has 1 aromatic rings. The van der Waals surface area contributed by atoms with Crippen LogP contribution < -0.4 is 0 Å². The molecule has 2 fully saturated rings. The second kappa shape index (κ2) is 14.1. The molecule has 0 N–H and O–H groups in total. The highest BCUT2D eigenvalue weighted by atomic mass is 16.5. The fourth-order valence-corrected chi connectivity index (χ4v) is 6.22. The van der Waals surface area contributed by atoms with Gasteiger partial charge in [0.25, 0.3) is 0 Å². The molecule has 0 saturated heterocycles. The highest BCUT2D eigenvalue weighted by molar-refractivity contribution is 5.89. The molecule has 0 unspecified atom stereocenters. The van der Waals surface area contributed by atoms with Crippen molar-refractivity contribution in [3.05, 3.63) is 35.4 Å². The van der Waals surface area contributed by atoms with Crippen LogP contribution >= 0.6 is 0 Å². The summed E-state index contributed by atoms with van der Waals surface area (Å²) in [6.45, 7) is 5.01. The van der Waals surface area contributed by atoms with E-state index in [1.807, 2.05) is 12.1 Å². The molecule has 0 radical (unpaired) electrons. The fraction of sp³-hybridized carbons (Fsp3) is 0.767. The molecule has 0 aromatic heterocycles. The first-order valence-corrected chi connectivity index (χ1v) is 14.0. The van der Waals surface area contributed by atoms with Crippen molar-refractivity contribution in [3.63, 3.8) is 0 Å². The van der Waals surface area contributed by atoms with E-state index in [2.05, 4.69) is 26.0 Å². The lowest BCUT2D eigenvalue weighted by atomic mass is 9.68. The van der Waals surface area contributed by atoms with E-state index >= 15 is 0 Å². The van der Waals surface area contributed by atoms with Crippen LogP contribution in [0.15, 0.2) is 24.3 Å². The Morgan fingerprint density at radius 3 is 1.97 bits per heavy atom. The monoisotopic (exact) mass is 440 g/mol. The molecule has 1 aromatic carbocycles. The Kier molecular flexibility index (Phi) is 11.1. The van der Waals surface area contributed by atoms with Crippen LogP contribution in [0, 0.1) is 17.8 Å². The normalized spacial score (nSPS) is 26.1. The van der Waals surface area contributed by atoms with Gasteiger partial charge in [-0.05, 0) is 86.3 Å². The minimum atomic E-state index is -0.169. The van der Waals surface area contributed by atoms with E-state index < -0.39 is 0 Å². The number of benzene rings is 1. The highest BCUT2D eigenvalue weighted by Gasteiger charge is 2.31. The Morgan fingerprint density at radius 1 is 0.750 bits per heavy atom. The number of rotatable bonds is 12. The molecule has 2 heteroatoms. The molecule has 0 heterocycles. The lowest BCUT2D eigenvalue weighted by molar-refractivity contribution is 0.0498. The third kappa shape index (κ3) is 7.92. The first-order chi connectivity index (χ1) is 15.7. The van der Waals surface area contributed by atoms with E-state index in [9.17, 15) is 4.79 Å². The number of carbonyl (C=O) groups is 1. The first kappa shape index (κ1) is 25.3. The summed E-state index contributed by atoms with van der Waals surface area (Å²) in [6, 6.07) is 8.31. The van der Waals surface area contributed by atoms with E-state index in [0.717, 1.165) is 37.0 Å². The van der Waals surface area contributed by atoms with Crippen LogP contribution in [0.5, 0.6) is 0 Å². The molecular formula is C30H48O2. The smallest absolute Gasteiger partial charge is 0.338 e. The van der Waals surface area contributed by atoms with Crippen molar-refractivity contribution < 1.29 is 9.53 Å². The number of hydrogen-bond donors (Lipinski definition) is 0. The molecule has 0 atom stereocenters. The molecule has 3 rings (SSSR count). The van der Waals surface area contributed by atoms with Gasteiger partial charge in [-0.15, -0.1) is 0 Å². The van der Waals surface area contributed by atoms with Gasteiger partial charge in [-0.2, -0.15) is 0 Å². The van der Waals surface area contributed by atoms with Gasteiger partial charge in [0, 0.05) is 0 Å². The lowest BCUT2D eigenvalue weighted by Crippen LogP contribution is -2.25. The largest absolute Gasteiger partial charge is 0.462 e. The van der Waals surface area contributed by atoms with E-state index in [1.165, 1.54) is 89.0 Å². The summed E-state index contributed by atoms with van der Waals surface area (Å²) in [5.41, 5.74) is 2.12. The minimum Gasteiger partial charge on any atom is -0.462 e.